The number of rotatable bonds is 2. The highest BCUT2D eigenvalue weighted by atomic mass is 16.1. The summed E-state index contributed by atoms with van der Waals surface area (Å²) in [7, 11) is 1.62. The van der Waals surface area contributed by atoms with Gasteiger partial charge in [-0.05, 0) is 17.5 Å². The highest BCUT2D eigenvalue weighted by Gasteiger charge is 2.11. The second kappa shape index (κ2) is 3.96. The molecule has 0 aliphatic rings. The predicted molar refractivity (Wildman–Crippen MR) is 62.7 cm³/mol. The molecule has 2 heterocycles. The fourth-order valence-corrected chi connectivity index (χ4v) is 1.63. The van der Waals surface area contributed by atoms with Crippen molar-refractivity contribution in [2.24, 2.45) is 0 Å². The number of carbonyl (C=O) groups is 1. The molecular weight excluding hydrogens is 202 g/mol. The van der Waals surface area contributed by atoms with E-state index in [1.807, 2.05) is 22.7 Å². The Kier molecular flexibility index (Phi) is 2.64. The summed E-state index contributed by atoms with van der Waals surface area (Å²) in [4.78, 5) is 15.8. The van der Waals surface area contributed by atoms with Crippen molar-refractivity contribution in [3.63, 3.8) is 0 Å². The summed E-state index contributed by atoms with van der Waals surface area (Å²) < 4.78 is 1.83. The number of hydrogen-bond donors (Lipinski definition) is 1. The van der Waals surface area contributed by atoms with E-state index in [-0.39, 0.29) is 5.91 Å². The molecule has 0 radical (unpaired) electrons. The van der Waals surface area contributed by atoms with Crippen LogP contribution in [0.4, 0.5) is 0 Å². The van der Waals surface area contributed by atoms with Crippen molar-refractivity contribution in [2.75, 3.05) is 7.05 Å². The van der Waals surface area contributed by atoms with Crippen LogP contribution in [0.3, 0.4) is 0 Å². The van der Waals surface area contributed by atoms with Crippen molar-refractivity contribution in [3.8, 4) is 0 Å². The molecule has 0 atom stereocenters. The van der Waals surface area contributed by atoms with Gasteiger partial charge in [0.25, 0.3) is 5.91 Å². The van der Waals surface area contributed by atoms with Crippen molar-refractivity contribution in [1.29, 1.82) is 0 Å². The maximum atomic E-state index is 11.6. The Hall–Kier alpha value is -1.84. The summed E-state index contributed by atoms with van der Waals surface area (Å²) in [6.07, 6.45) is 3.57. The van der Waals surface area contributed by atoms with E-state index in [4.69, 9.17) is 0 Å². The fourth-order valence-electron chi connectivity index (χ4n) is 1.63. The normalized spacial score (nSPS) is 11.0. The lowest BCUT2D eigenvalue weighted by Crippen LogP contribution is -2.19. The third kappa shape index (κ3) is 1.66. The zero-order valence-electron chi connectivity index (χ0n) is 9.69. The van der Waals surface area contributed by atoms with E-state index in [0.717, 1.165) is 5.65 Å². The van der Waals surface area contributed by atoms with E-state index in [2.05, 4.69) is 24.1 Å². The Morgan fingerprint density at radius 1 is 1.44 bits per heavy atom. The summed E-state index contributed by atoms with van der Waals surface area (Å²) in [6.45, 7) is 4.25. The average molecular weight is 217 g/mol. The van der Waals surface area contributed by atoms with Crippen molar-refractivity contribution >= 4 is 11.6 Å². The molecule has 1 amide bonds. The number of carbonyl (C=O) groups excluding carboxylic acids is 1. The summed E-state index contributed by atoms with van der Waals surface area (Å²) in [5.74, 6) is 0.317. The van der Waals surface area contributed by atoms with Gasteiger partial charge in [0.15, 0.2) is 0 Å². The van der Waals surface area contributed by atoms with Gasteiger partial charge in [0.1, 0.15) is 11.3 Å². The number of pyridine rings is 1. The van der Waals surface area contributed by atoms with Crippen LogP contribution in [0, 0.1) is 0 Å². The SMILES string of the molecule is CNC(=O)c1cnc2ccc(C(C)C)cn12. The molecule has 2 aromatic rings. The number of nitrogens with one attached hydrogen (secondary N) is 1. The number of fused-ring (bicyclic) bond motifs is 1. The number of amides is 1. The first kappa shape index (κ1) is 10.7. The quantitative estimate of drug-likeness (QED) is 0.834. The molecule has 0 aromatic carbocycles. The van der Waals surface area contributed by atoms with Gasteiger partial charge < -0.3 is 5.32 Å². The highest BCUT2D eigenvalue weighted by Crippen LogP contribution is 2.16. The van der Waals surface area contributed by atoms with Gasteiger partial charge in [0.05, 0.1) is 6.20 Å². The molecule has 1 N–H and O–H groups in total. The Morgan fingerprint density at radius 3 is 2.81 bits per heavy atom. The Morgan fingerprint density at radius 2 is 2.19 bits per heavy atom. The van der Waals surface area contributed by atoms with Crippen LogP contribution in [0.25, 0.3) is 5.65 Å². The number of nitrogens with zero attached hydrogens (tertiary/aromatic N) is 2. The van der Waals surface area contributed by atoms with Crippen LogP contribution in [-0.4, -0.2) is 22.3 Å². The predicted octanol–water partition coefficient (Wildman–Crippen LogP) is 1.82. The van der Waals surface area contributed by atoms with E-state index in [1.54, 1.807) is 13.2 Å². The molecule has 0 fully saturated rings. The number of aromatic nitrogens is 2. The zero-order valence-corrected chi connectivity index (χ0v) is 9.69. The smallest absolute Gasteiger partial charge is 0.269 e. The lowest BCUT2D eigenvalue weighted by molar-refractivity contribution is 0.0957. The van der Waals surface area contributed by atoms with Gasteiger partial charge >= 0.3 is 0 Å². The molecule has 4 nitrogen and oxygen atoms in total. The summed E-state index contributed by atoms with van der Waals surface area (Å²) >= 11 is 0. The highest BCUT2D eigenvalue weighted by molar-refractivity contribution is 5.93. The van der Waals surface area contributed by atoms with Gasteiger partial charge in [-0.15, -0.1) is 0 Å². The van der Waals surface area contributed by atoms with Crippen molar-refractivity contribution in [2.45, 2.75) is 19.8 Å². The average Bonchev–Trinajstić information content (AvgIpc) is 2.70. The summed E-state index contributed by atoms with van der Waals surface area (Å²) in [5.41, 5.74) is 2.55. The Balaban J connectivity index is 2.60. The second-order valence-electron chi connectivity index (χ2n) is 4.07. The molecule has 0 aliphatic carbocycles. The summed E-state index contributed by atoms with van der Waals surface area (Å²) in [6, 6.07) is 3.97. The molecule has 0 aliphatic heterocycles. The van der Waals surface area contributed by atoms with Crippen LogP contribution >= 0.6 is 0 Å². The van der Waals surface area contributed by atoms with Crippen LogP contribution in [0.1, 0.15) is 35.8 Å². The monoisotopic (exact) mass is 217 g/mol. The lowest BCUT2D eigenvalue weighted by atomic mass is 10.1. The zero-order chi connectivity index (χ0) is 11.7. The van der Waals surface area contributed by atoms with E-state index < -0.39 is 0 Å². The van der Waals surface area contributed by atoms with Crippen LogP contribution in [0.15, 0.2) is 24.5 Å². The van der Waals surface area contributed by atoms with Gasteiger partial charge in [-0.2, -0.15) is 0 Å². The van der Waals surface area contributed by atoms with Gasteiger partial charge in [0, 0.05) is 13.2 Å². The number of hydrogen-bond acceptors (Lipinski definition) is 2. The number of imidazole rings is 1. The first-order valence-electron chi connectivity index (χ1n) is 5.32. The van der Waals surface area contributed by atoms with Crippen LogP contribution in [0.5, 0.6) is 0 Å². The Labute approximate surface area is 94.3 Å². The molecule has 2 rings (SSSR count). The van der Waals surface area contributed by atoms with E-state index >= 15 is 0 Å². The maximum Gasteiger partial charge on any atom is 0.269 e. The van der Waals surface area contributed by atoms with E-state index in [0.29, 0.717) is 11.6 Å². The molecule has 0 unspecified atom stereocenters. The van der Waals surface area contributed by atoms with Gasteiger partial charge in [-0.1, -0.05) is 19.9 Å². The molecule has 4 heteroatoms. The largest absolute Gasteiger partial charge is 0.354 e. The van der Waals surface area contributed by atoms with Crippen molar-refractivity contribution in [1.82, 2.24) is 14.7 Å². The molecule has 0 saturated heterocycles. The molecule has 84 valence electrons. The van der Waals surface area contributed by atoms with E-state index in [9.17, 15) is 4.79 Å². The Bertz CT molecular complexity index is 528. The van der Waals surface area contributed by atoms with E-state index in [1.165, 1.54) is 5.56 Å². The fraction of sp³-hybridized carbons (Fsp3) is 0.333. The topological polar surface area (TPSA) is 46.4 Å². The molecule has 0 spiro atoms. The van der Waals surface area contributed by atoms with Crippen LogP contribution in [-0.2, 0) is 0 Å². The molecule has 0 bridgehead atoms. The minimum Gasteiger partial charge on any atom is -0.354 e. The molecular formula is C12H15N3O. The molecule has 16 heavy (non-hydrogen) atoms. The lowest BCUT2D eigenvalue weighted by Gasteiger charge is -2.07. The van der Waals surface area contributed by atoms with Crippen LogP contribution in [0.2, 0.25) is 0 Å². The maximum absolute atomic E-state index is 11.6. The van der Waals surface area contributed by atoms with Gasteiger partial charge in [0.2, 0.25) is 0 Å². The third-order valence-electron chi connectivity index (χ3n) is 2.65. The molecule has 0 saturated carbocycles. The minimum atomic E-state index is -0.117. The van der Waals surface area contributed by atoms with Crippen LogP contribution < -0.4 is 5.32 Å². The minimum absolute atomic E-state index is 0.117. The van der Waals surface area contributed by atoms with Gasteiger partial charge in [-0.3, -0.25) is 9.20 Å². The summed E-state index contributed by atoms with van der Waals surface area (Å²) in [5, 5.41) is 2.61. The first-order valence-corrected chi connectivity index (χ1v) is 5.32. The standard InChI is InChI=1S/C12H15N3O/c1-8(2)9-4-5-11-14-6-10(12(16)13-3)15(11)7-9/h4-8H,1-3H3,(H,13,16). The van der Waals surface area contributed by atoms with Crippen molar-refractivity contribution in [3.05, 3.63) is 35.8 Å². The second-order valence-corrected chi connectivity index (χ2v) is 4.07. The molecule has 2 aromatic heterocycles. The third-order valence-corrected chi connectivity index (χ3v) is 2.65. The van der Waals surface area contributed by atoms with Crippen molar-refractivity contribution < 1.29 is 4.79 Å². The van der Waals surface area contributed by atoms with Gasteiger partial charge in [-0.25, -0.2) is 4.98 Å². The first-order chi connectivity index (χ1) is 7.63.